The molecule has 3 aromatic rings. The third-order valence-electron chi connectivity index (χ3n) is 6.41. The number of hydrogen-bond donors (Lipinski definition) is 0. The summed E-state index contributed by atoms with van der Waals surface area (Å²) in [5.41, 5.74) is 4.40. The van der Waals surface area contributed by atoms with E-state index in [9.17, 15) is 35.5 Å². The van der Waals surface area contributed by atoms with Crippen molar-refractivity contribution in [3.8, 4) is 11.3 Å². The molecule has 37 heavy (non-hydrogen) atoms. The Morgan fingerprint density at radius 2 is 1.41 bits per heavy atom. The van der Waals surface area contributed by atoms with E-state index in [1.165, 1.54) is 0 Å². The Bertz CT molecular complexity index is 1310. The second-order valence-corrected chi connectivity index (χ2v) is 8.97. The number of halogens is 7. The van der Waals surface area contributed by atoms with Crippen LogP contribution in [0.1, 0.15) is 17.5 Å². The summed E-state index contributed by atoms with van der Waals surface area (Å²) >= 11 is 0. The molecule has 0 unspecified atom stereocenters. The number of aryl methyl sites for hydroxylation is 2. The average molecular weight is 528 g/mol. The van der Waals surface area contributed by atoms with E-state index in [-0.39, 0.29) is 19.5 Å². The molecule has 1 aliphatic rings. The molecule has 1 aromatic heterocycles. The van der Waals surface area contributed by atoms with Gasteiger partial charge in [0.05, 0.1) is 11.0 Å². The fourth-order valence-corrected chi connectivity index (χ4v) is 4.16. The van der Waals surface area contributed by atoms with Gasteiger partial charge < -0.3 is 9.80 Å². The molecular formula is C25H23F7N4O. The Balaban J connectivity index is 1.68. The molecule has 0 N–H and O–H groups in total. The first-order valence-electron chi connectivity index (χ1n) is 11.4. The Labute approximate surface area is 207 Å². The van der Waals surface area contributed by atoms with Gasteiger partial charge in [0.2, 0.25) is 0 Å². The van der Waals surface area contributed by atoms with E-state index < -0.39 is 37.0 Å². The van der Waals surface area contributed by atoms with Crippen molar-refractivity contribution < 1.29 is 35.5 Å². The lowest BCUT2D eigenvalue weighted by atomic mass is 10.1. The maximum atomic E-state index is 14.1. The molecule has 0 saturated carbocycles. The average Bonchev–Trinajstić information content (AvgIpc) is 3.09. The number of carbonyl (C=O) groups excluding carboxylic acids is 1. The van der Waals surface area contributed by atoms with Crippen LogP contribution in [-0.2, 0) is 4.79 Å². The minimum absolute atomic E-state index is 0.0419. The van der Waals surface area contributed by atoms with Gasteiger partial charge in [0.25, 0.3) is 5.91 Å². The molecule has 0 aliphatic carbocycles. The Morgan fingerprint density at radius 1 is 0.811 bits per heavy atom. The van der Waals surface area contributed by atoms with Crippen molar-refractivity contribution in [3.05, 3.63) is 53.6 Å². The molecule has 0 radical (unpaired) electrons. The van der Waals surface area contributed by atoms with Crippen LogP contribution >= 0.6 is 0 Å². The van der Waals surface area contributed by atoms with Gasteiger partial charge in [-0.1, -0.05) is 30.3 Å². The summed E-state index contributed by atoms with van der Waals surface area (Å²) in [6.45, 7) is 3.00. The second kappa shape index (κ2) is 9.46. The fourth-order valence-electron chi connectivity index (χ4n) is 4.16. The Hall–Kier alpha value is -3.44. The van der Waals surface area contributed by atoms with Gasteiger partial charge >= 0.3 is 18.0 Å². The maximum Gasteiger partial charge on any atom is 0.460 e. The number of amides is 1. The molecule has 0 spiro atoms. The van der Waals surface area contributed by atoms with Crippen molar-refractivity contribution in [2.45, 2.75) is 38.3 Å². The zero-order valence-electron chi connectivity index (χ0n) is 19.9. The number of aromatic nitrogens is 2. The van der Waals surface area contributed by atoms with Gasteiger partial charge in [-0.05, 0) is 43.5 Å². The number of rotatable bonds is 4. The second-order valence-electron chi connectivity index (χ2n) is 8.97. The molecule has 1 fully saturated rings. The molecule has 1 saturated heterocycles. The van der Waals surface area contributed by atoms with Crippen LogP contribution in [0.2, 0.25) is 0 Å². The first-order chi connectivity index (χ1) is 17.2. The Morgan fingerprint density at radius 3 is 2.00 bits per heavy atom. The van der Waals surface area contributed by atoms with Gasteiger partial charge in [-0.25, -0.2) is 9.97 Å². The van der Waals surface area contributed by atoms with Gasteiger partial charge in [0, 0.05) is 31.7 Å². The largest absolute Gasteiger partial charge is 0.460 e. The van der Waals surface area contributed by atoms with Crippen LogP contribution in [0.5, 0.6) is 0 Å². The summed E-state index contributed by atoms with van der Waals surface area (Å²) in [5, 5.41) is 0. The molecule has 12 heteroatoms. The van der Waals surface area contributed by atoms with Crippen molar-refractivity contribution in [2.75, 3.05) is 31.1 Å². The van der Waals surface area contributed by atoms with Crippen LogP contribution in [0.3, 0.4) is 0 Å². The fraction of sp³-hybridized carbons (Fsp3) is 0.400. The van der Waals surface area contributed by atoms with Crippen LogP contribution in [0.15, 0.2) is 42.5 Å². The smallest absolute Gasteiger partial charge is 0.353 e. The van der Waals surface area contributed by atoms with Gasteiger partial charge in [-0.3, -0.25) is 4.79 Å². The molecule has 2 heterocycles. The molecular weight excluding hydrogens is 505 g/mol. The normalized spacial score (nSPS) is 15.7. The number of fused-ring (bicyclic) bond motifs is 1. The third-order valence-corrected chi connectivity index (χ3v) is 6.41. The van der Waals surface area contributed by atoms with Crippen LogP contribution in [-0.4, -0.2) is 65.0 Å². The van der Waals surface area contributed by atoms with Gasteiger partial charge in [0.15, 0.2) is 5.82 Å². The minimum Gasteiger partial charge on any atom is -0.353 e. The lowest BCUT2D eigenvalue weighted by Crippen LogP contribution is -2.60. The molecule has 4 rings (SSSR count). The molecule has 1 aliphatic heterocycles. The predicted octanol–water partition coefficient (Wildman–Crippen LogP) is 5.79. The van der Waals surface area contributed by atoms with Gasteiger partial charge in [0.1, 0.15) is 5.69 Å². The van der Waals surface area contributed by atoms with E-state index in [1.54, 1.807) is 17.0 Å². The number of carbonyl (C=O) groups is 1. The van der Waals surface area contributed by atoms with Crippen molar-refractivity contribution in [2.24, 2.45) is 0 Å². The zero-order chi connectivity index (χ0) is 27.2. The SMILES string of the molecule is Cc1cc2nc(-c3ccccc3)c(N3CCCN(C(=O)C(F)(F)C(F)(F)C(F)(F)F)CC3)nc2cc1C. The van der Waals surface area contributed by atoms with Crippen molar-refractivity contribution in [1.82, 2.24) is 14.9 Å². The first-order valence-corrected chi connectivity index (χ1v) is 11.4. The zero-order valence-corrected chi connectivity index (χ0v) is 19.9. The lowest BCUT2D eigenvalue weighted by Gasteiger charge is -2.31. The summed E-state index contributed by atoms with van der Waals surface area (Å²) in [5.74, 6) is -14.6. The van der Waals surface area contributed by atoms with E-state index in [0.29, 0.717) is 27.4 Å². The molecule has 2 aromatic carbocycles. The summed E-state index contributed by atoms with van der Waals surface area (Å²) in [6.07, 6.45) is -6.54. The molecule has 0 bridgehead atoms. The summed E-state index contributed by atoms with van der Waals surface area (Å²) in [6, 6.07) is 12.8. The lowest BCUT2D eigenvalue weighted by molar-refractivity contribution is -0.345. The molecule has 5 nitrogen and oxygen atoms in total. The molecule has 0 atom stereocenters. The molecule has 1 amide bonds. The monoisotopic (exact) mass is 528 g/mol. The Kier molecular flexibility index (Phi) is 6.80. The van der Waals surface area contributed by atoms with E-state index in [1.807, 2.05) is 44.2 Å². The maximum absolute atomic E-state index is 14.1. The van der Waals surface area contributed by atoms with Gasteiger partial charge in [-0.15, -0.1) is 0 Å². The highest BCUT2D eigenvalue weighted by Gasteiger charge is 2.76. The quantitative estimate of drug-likeness (QED) is 0.403. The standard InChI is InChI=1S/C25H23F7N4O/c1-15-13-18-19(14-16(15)2)34-21(20(33-18)17-7-4-3-5-8-17)35-9-6-10-36(12-11-35)22(37)23(26,27)24(28,29)25(30,31)32/h3-5,7-8,13-14H,6,9-12H2,1-2H3. The van der Waals surface area contributed by atoms with Crippen molar-refractivity contribution in [1.29, 1.82) is 0 Å². The van der Waals surface area contributed by atoms with Gasteiger partial charge in [-0.2, -0.15) is 30.7 Å². The summed E-state index contributed by atoms with van der Waals surface area (Å²) < 4.78 is 92.8. The first kappa shape index (κ1) is 26.6. The minimum atomic E-state index is -6.58. The summed E-state index contributed by atoms with van der Waals surface area (Å²) in [7, 11) is 0. The molecule has 198 valence electrons. The van der Waals surface area contributed by atoms with Crippen LogP contribution in [0.25, 0.3) is 22.3 Å². The van der Waals surface area contributed by atoms with Crippen LogP contribution < -0.4 is 4.90 Å². The van der Waals surface area contributed by atoms with Crippen LogP contribution in [0.4, 0.5) is 36.6 Å². The highest BCUT2D eigenvalue weighted by atomic mass is 19.4. The van der Waals surface area contributed by atoms with Crippen molar-refractivity contribution in [3.63, 3.8) is 0 Å². The highest BCUT2D eigenvalue weighted by molar-refractivity contribution is 5.86. The topological polar surface area (TPSA) is 49.3 Å². The predicted molar refractivity (Wildman–Crippen MR) is 124 cm³/mol. The summed E-state index contributed by atoms with van der Waals surface area (Å²) in [4.78, 5) is 23.7. The number of nitrogens with zero attached hydrogens (tertiary/aromatic N) is 4. The third kappa shape index (κ3) is 4.80. The van der Waals surface area contributed by atoms with Crippen molar-refractivity contribution >= 4 is 22.8 Å². The van der Waals surface area contributed by atoms with E-state index in [2.05, 4.69) is 0 Å². The number of alkyl halides is 7. The van der Waals surface area contributed by atoms with Crippen LogP contribution in [0, 0.1) is 13.8 Å². The van der Waals surface area contributed by atoms with E-state index >= 15 is 0 Å². The van der Waals surface area contributed by atoms with E-state index in [4.69, 9.17) is 9.97 Å². The highest BCUT2D eigenvalue weighted by Crippen LogP contribution is 2.47. The number of benzene rings is 2. The number of anilines is 1. The van der Waals surface area contributed by atoms with E-state index in [0.717, 1.165) is 16.7 Å². The number of hydrogen-bond acceptors (Lipinski definition) is 4.